The molecule has 0 unspecified atom stereocenters. The number of halogens is 1. The summed E-state index contributed by atoms with van der Waals surface area (Å²) in [7, 11) is 4.06. The lowest BCUT2D eigenvalue weighted by Crippen LogP contribution is -2.19. The summed E-state index contributed by atoms with van der Waals surface area (Å²) >= 11 is 3.39. The largest absolute Gasteiger partial charge is 0.492 e. The molecule has 0 aliphatic heterocycles. The summed E-state index contributed by atoms with van der Waals surface area (Å²) in [4.78, 5) is 20.3. The lowest BCUT2D eigenvalue weighted by atomic mass is 10.3. The molecule has 2 N–H and O–H groups in total. The number of hydrogen-bond acceptors (Lipinski definition) is 4. The van der Waals surface area contributed by atoms with E-state index in [2.05, 4.69) is 20.8 Å². The molecule has 0 bridgehead atoms. The first-order valence-corrected chi connectivity index (χ1v) is 6.11. The van der Waals surface area contributed by atoms with Gasteiger partial charge in [0.15, 0.2) is 0 Å². The van der Waals surface area contributed by atoms with Gasteiger partial charge in [-0.1, -0.05) is 22.0 Å². The Bertz CT molecular complexity index is 410. The summed E-state index contributed by atoms with van der Waals surface area (Å²) in [5, 5.41) is 14.8. The molecule has 19 heavy (non-hydrogen) atoms. The van der Waals surface area contributed by atoms with Crippen molar-refractivity contribution in [3.63, 3.8) is 0 Å². The zero-order valence-electron chi connectivity index (χ0n) is 10.7. The highest BCUT2D eigenvalue weighted by Gasteiger charge is 2.04. The van der Waals surface area contributed by atoms with Gasteiger partial charge in [0, 0.05) is 11.0 Å². The van der Waals surface area contributed by atoms with Crippen LogP contribution >= 0.6 is 15.9 Å². The highest BCUT2D eigenvalue weighted by atomic mass is 79.9. The number of carboxylic acid groups (broad SMARTS) is 2. The van der Waals surface area contributed by atoms with Crippen molar-refractivity contribution in [1.82, 2.24) is 4.90 Å². The Labute approximate surface area is 119 Å². The minimum Gasteiger partial charge on any atom is -0.492 e. The molecule has 6 nitrogen and oxygen atoms in total. The van der Waals surface area contributed by atoms with Crippen LogP contribution in [-0.4, -0.2) is 54.3 Å². The zero-order valence-corrected chi connectivity index (χ0v) is 12.3. The van der Waals surface area contributed by atoms with E-state index in [0.29, 0.717) is 0 Å². The molecule has 0 aliphatic rings. The fourth-order valence-electron chi connectivity index (χ4n) is 0.903. The van der Waals surface area contributed by atoms with Crippen molar-refractivity contribution in [2.75, 3.05) is 27.2 Å². The number of nitrogens with zero attached hydrogens (tertiary/aromatic N) is 1. The summed E-state index contributed by atoms with van der Waals surface area (Å²) in [6.07, 6.45) is 0. The molecule has 1 rings (SSSR count). The Balaban J connectivity index is 0.000000459. The molecule has 0 radical (unpaired) electrons. The number of rotatable bonds is 4. The van der Waals surface area contributed by atoms with E-state index in [9.17, 15) is 0 Å². The SMILES string of the molecule is CN(C)CCOc1cccc(Br)c1.O=C(O)C(=O)O. The van der Waals surface area contributed by atoms with Crippen molar-refractivity contribution in [2.24, 2.45) is 0 Å². The van der Waals surface area contributed by atoms with Crippen LogP contribution in [0.15, 0.2) is 28.7 Å². The molecule has 0 aromatic heterocycles. The molecular weight excluding hydrogens is 318 g/mol. The monoisotopic (exact) mass is 333 g/mol. The van der Waals surface area contributed by atoms with Gasteiger partial charge in [-0.3, -0.25) is 0 Å². The van der Waals surface area contributed by atoms with Gasteiger partial charge in [0.2, 0.25) is 0 Å². The summed E-state index contributed by atoms with van der Waals surface area (Å²) in [6.45, 7) is 1.66. The molecule has 0 heterocycles. The molecule has 0 amide bonds. The molecule has 0 saturated carbocycles. The Hall–Kier alpha value is -1.60. The van der Waals surface area contributed by atoms with E-state index in [4.69, 9.17) is 24.5 Å². The third-order valence-corrected chi connectivity index (χ3v) is 2.28. The first-order valence-electron chi connectivity index (χ1n) is 5.32. The highest BCUT2D eigenvalue weighted by Crippen LogP contribution is 2.17. The number of likely N-dealkylation sites (N-methyl/N-ethyl adjacent to an activating group) is 1. The molecule has 7 heteroatoms. The van der Waals surface area contributed by atoms with Gasteiger partial charge >= 0.3 is 11.9 Å². The maximum Gasteiger partial charge on any atom is 0.414 e. The zero-order chi connectivity index (χ0) is 14.8. The van der Waals surface area contributed by atoms with Crippen molar-refractivity contribution in [1.29, 1.82) is 0 Å². The van der Waals surface area contributed by atoms with E-state index in [1.807, 2.05) is 38.4 Å². The average molecular weight is 334 g/mol. The fraction of sp³-hybridized carbons (Fsp3) is 0.333. The predicted molar refractivity (Wildman–Crippen MR) is 73.5 cm³/mol. The first-order chi connectivity index (χ1) is 8.82. The molecule has 0 atom stereocenters. The molecule has 1 aromatic rings. The maximum atomic E-state index is 9.10. The first kappa shape index (κ1) is 17.4. The number of hydrogen-bond donors (Lipinski definition) is 2. The Kier molecular flexibility index (Phi) is 8.56. The molecule has 106 valence electrons. The van der Waals surface area contributed by atoms with Crippen LogP contribution in [0.4, 0.5) is 0 Å². The minimum absolute atomic E-state index is 0.726. The van der Waals surface area contributed by atoms with Crippen LogP contribution < -0.4 is 4.74 Å². The highest BCUT2D eigenvalue weighted by molar-refractivity contribution is 9.10. The molecule has 1 aromatic carbocycles. The van der Waals surface area contributed by atoms with Crippen LogP contribution in [0.1, 0.15) is 0 Å². The summed E-state index contributed by atoms with van der Waals surface area (Å²) < 4.78 is 6.58. The molecular formula is C12H16BrNO5. The predicted octanol–water partition coefficient (Wildman–Crippen LogP) is 1.55. The third kappa shape index (κ3) is 10.0. The summed E-state index contributed by atoms with van der Waals surface area (Å²) in [5.41, 5.74) is 0. The van der Waals surface area contributed by atoms with Gasteiger partial charge in [-0.15, -0.1) is 0 Å². The maximum absolute atomic E-state index is 9.10. The molecule has 0 spiro atoms. The van der Waals surface area contributed by atoms with Crippen molar-refractivity contribution < 1.29 is 24.5 Å². The van der Waals surface area contributed by atoms with Crippen LogP contribution in [0.2, 0.25) is 0 Å². The third-order valence-electron chi connectivity index (χ3n) is 1.79. The standard InChI is InChI=1S/C10H14BrNO.C2H2O4/c1-12(2)6-7-13-10-5-3-4-9(11)8-10;3-1(4)2(5)6/h3-5,8H,6-7H2,1-2H3;(H,3,4)(H,5,6). The van der Waals surface area contributed by atoms with Crippen LogP contribution in [0.3, 0.4) is 0 Å². The number of aliphatic carboxylic acids is 2. The summed E-state index contributed by atoms with van der Waals surface area (Å²) in [5.74, 6) is -2.73. The topological polar surface area (TPSA) is 87.1 Å². The molecule has 0 aliphatic carbocycles. The van der Waals surface area contributed by atoms with E-state index in [0.717, 1.165) is 23.4 Å². The van der Waals surface area contributed by atoms with Gasteiger partial charge in [0.05, 0.1) is 0 Å². The Morgan fingerprint density at radius 1 is 1.26 bits per heavy atom. The number of carboxylic acids is 2. The Morgan fingerprint density at radius 2 is 1.84 bits per heavy atom. The molecule has 0 fully saturated rings. The van der Waals surface area contributed by atoms with Crippen molar-refractivity contribution in [3.05, 3.63) is 28.7 Å². The van der Waals surface area contributed by atoms with Gasteiger partial charge in [-0.25, -0.2) is 9.59 Å². The van der Waals surface area contributed by atoms with Gasteiger partial charge in [0.1, 0.15) is 12.4 Å². The normalized spacial score (nSPS) is 9.47. The fourth-order valence-corrected chi connectivity index (χ4v) is 1.28. The number of ether oxygens (including phenoxy) is 1. The Morgan fingerprint density at radius 3 is 2.26 bits per heavy atom. The van der Waals surface area contributed by atoms with E-state index >= 15 is 0 Å². The van der Waals surface area contributed by atoms with Crippen molar-refractivity contribution >= 4 is 27.9 Å². The van der Waals surface area contributed by atoms with Crippen LogP contribution in [0.25, 0.3) is 0 Å². The van der Waals surface area contributed by atoms with Gasteiger partial charge in [-0.05, 0) is 32.3 Å². The van der Waals surface area contributed by atoms with Crippen LogP contribution in [-0.2, 0) is 9.59 Å². The second kappa shape index (κ2) is 9.35. The van der Waals surface area contributed by atoms with E-state index in [-0.39, 0.29) is 0 Å². The van der Waals surface area contributed by atoms with E-state index in [1.54, 1.807) is 0 Å². The number of carbonyl (C=O) groups is 2. The molecule has 0 saturated heterocycles. The quantitative estimate of drug-likeness (QED) is 0.813. The van der Waals surface area contributed by atoms with Crippen molar-refractivity contribution in [3.8, 4) is 5.75 Å². The van der Waals surface area contributed by atoms with E-state index < -0.39 is 11.9 Å². The lowest BCUT2D eigenvalue weighted by Gasteiger charge is -2.10. The van der Waals surface area contributed by atoms with Crippen LogP contribution in [0, 0.1) is 0 Å². The van der Waals surface area contributed by atoms with Gasteiger partial charge < -0.3 is 19.8 Å². The second-order valence-electron chi connectivity index (χ2n) is 3.72. The van der Waals surface area contributed by atoms with Gasteiger partial charge in [0.25, 0.3) is 0 Å². The smallest absolute Gasteiger partial charge is 0.414 e. The average Bonchev–Trinajstić information content (AvgIpc) is 2.29. The number of benzene rings is 1. The van der Waals surface area contributed by atoms with Crippen molar-refractivity contribution in [2.45, 2.75) is 0 Å². The van der Waals surface area contributed by atoms with Gasteiger partial charge in [-0.2, -0.15) is 0 Å². The van der Waals surface area contributed by atoms with Crippen LogP contribution in [0.5, 0.6) is 5.75 Å². The lowest BCUT2D eigenvalue weighted by molar-refractivity contribution is -0.159. The summed E-state index contributed by atoms with van der Waals surface area (Å²) in [6, 6.07) is 7.88. The second-order valence-corrected chi connectivity index (χ2v) is 4.64. The van der Waals surface area contributed by atoms with E-state index in [1.165, 1.54) is 0 Å². The minimum atomic E-state index is -1.82.